The summed E-state index contributed by atoms with van der Waals surface area (Å²) < 4.78 is 7.88. The molecule has 4 rings (SSSR count). The molecule has 0 atom stereocenters. The van der Waals surface area contributed by atoms with Gasteiger partial charge < -0.3 is 14.2 Å². The van der Waals surface area contributed by atoms with Gasteiger partial charge in [0.05, 0.1) is 12.8 Å². The van der Waals surface area contributed by atoms with Crippen molar-refractivity contribution in [2.45, 2.75) is 38.6 Å². The maximum absolute atomic E-state index is 5.51. The Morgan fingerprint density at radius 1 is 0.962 bits per heavy atom. The summed E-state index contributed by atoms with van der Waals surface area (Å²) in [6.45, 7) is 6.41. The third-order valence-corrected chi connectivity index (χ3v) is 5.64. The summed E-state index contributed by atoms with van der Waals surface area (Å²) in [6.07, 6.45) is 5.92. The van der Waals surface area contributed by atoms with Crippen LogP contribution >= 0.6 is 0 Å². The Bertz CT molecular complexity index is 721. The Morgan fingerprint density at radius 3 is 2.65 bits per heavy atom. The Kier molecular flexibility index (Phi) is 5.39. The van der Waals surface area contributed by atoms with E-state index in [0.29, 0.717) is 0 Å². The lowest BCUT2D eigenvalue weighted by atomic mass is 10.2. The molecule has 0 spiro atoms. The quantitative estimate of drug-likeness (QED) is 0.824. The van der Waals surface area contributed by atoms with Crippen LogP contribution in [-0.4, -0.2) is 59.5 Å². The highest BCUT2D eigenvalue weighted by Crippen LogP contribution is 2.28. The molecule has 0 bridgehead atoms. The molecule has 3 heterocycles. The maximum Gasteiger partial charge on any atom is 0.142 e. The Labute approximate surface area is 155 Å². The van der Waals surface area contributed by atoms with Gasteiger partial charge in [-0.15, -0.1) is 10.2 Å². The standard InChI is InChI=1S/C20H29N5O/c1-26-18-8-5-4-7-17(18)24-15-13-23(14-16-24)12-10-20-22-21-19-9-3-2-6-11-25(19)20/h4-5,7-8H,2-3,6,9-16H2,1H3. The third-order valence-electron chi connectivity index (χ3n) is 5.64. The van der Waals surface area contributed by atoms with Crippen molar-refractivity contribution in [2.24, 2.45) is 0 Å². The molecule has 26 heavy (non-hydrogen) atoms. The lowest BCUT2D eigenvalue weighted by molar-refractivity contribution is 0.257. The van der Waals surface area contributed by atoms with Crippen LogP contribution in [0, 0.1) is 0 Å². The molecule has 0 saturated carbocycles. The monoisotopic (exact) mass is 355 g/mol. The molecule has 0 N–H and O–H groups in total. The van der Waals surface area contributed by atoms with Gasteiger partial charge in [-0.1, -0.05) is 18.6 Å². The molecule has 0 amide bonds. The third kappa shape index (κ3) is 3.70. The number of methoxy groups -OCH3 is 1. The minimum absolute atomic E-state index is 0.965. The highest BCUT2D eigenvalue weighted by atomic mass is 16.5. The zero-order valence-electron chi connectivity index (χ0n) is 15.7. The van der Waals surface area contributed by atoms with Gasteiger partial charge in [0.2, 0.25) is 0 Å². The minimum Gasteiger partial charge on any atom is -0.495 e. The summed E-state index contributed by atoms with van der Waals surface area (Å²) in [7, 11) is 1.75. The van der Waals surface area contributed by atoms with E-state index in [2.05, 4.69) is 36.7 Å². The van der Waals surface area contributed by atoms with Crippen LogP contribution in [0.3, 0.4) is 0 Å². The summed E-state index contributed by atoms with van der Waals surface area (Å²) in [5.41, 5.74) is 1.21. The fraction of sp³-hybridized carbons (Fsp3) is 0.600. The summed E-state index contributed by atoms with van der Waals surface area (Å²) >= 11 is 0. The van der Waals surface area contributed by atoms with Gasteiger partial charge in [-0.05, 0) is 25.0 Å². The number of fused-ring (bicyclic) bond motifs is 1. The molecule has 6 heteroatoms. The number of rotatable bonds is 5. The van der Waals surface area contributed by atoms with Crippen molar-refractivity contribution in [3.63, 3.8) is 0 Å². The first-order chi connectivity index (χ1) is 12.8. The summed E-state index contributed by atoms with van der Waals surface area (Å²) in [4.78, 5) is 4.97. The van der Waals surface area contributed by atoms with Crippen LogP contribution in [0.15, 0.2) is 24.3 Å². The average molecular weight is 355 g/mol. The number of aromatic nitrogens is 3. The zero-order valence-corrected chi connectivity index (χ0v) is 15.7. The number of para-hydroxylation sites is 2. The number of nitrogens with zero attached hydrogens (tertiary/aromatic N) is 5. The Balaban J connectivity index is 1.31. The van der Waals surface area contributed by atoms with Crippen LogP contribution in [0.1, 0.15) is 30.9 Å². The van der Waals surface area contributed by atoms with E-state index >= 15 is 0 Å². The number of ether oxygens (including phenoxy) is 1. The minimum atomic E-state index is 0.965. The van der Waals surface area contributed by atoms with Gasteiger partial charge in [0.15, 0.2) is 0 Å². The molecule has 2 aliphatic rings. The molecule has 1 aromatic heterocycles. The lowest BCUT2D eigenvalue weighted by Gasteiger charge is -2.36. The molecule has 1 aromatic carbocycles. The number of piperazine rings is 1. The Hall–Kier alpha value is -2.08. The van der Waals surface area contributed by atoms with E-state index in [0.717, 1.165) is 57.9 Å². The molecule has 2 aromatic rings. The predicted octanol–water partition coefficient (Wildman–Crippen LogP) is 2.38. The van der Waals surface area contributed by atoms with Gasteiger partial charge in [-0.3, -0.25) is 4.90 Å². The van der Waals surface area contributed by atoms with Crippen LogP contribution in [0.25, 0.3) is 0 Å². The van der Waals surface area contributed by atoms with Crippen LogP contribution < -0.4 is 9.64 Å². The first-order valence-corrected chi connectivity index (χ1v) is 9.86. The van der Waals surface area contributed by atoms with Crippen LogP contribution in [-0.2, 0) is 19.4 Å². The van der Waals surface area contributed by atoms with Crippen molar-refractivity contribution < 1.29 is 4.74 Å². The van der Waals surface area contributed by atoms with Crippen LogP contribution in [0.5, 0.6) is 5.75 Å². The van der Waals surface area contributed by atoms with E-state index in [-0.39, 0.29) is 0 Å². The number of hydrogen-bond donors (Lipinski definition) is 0. The molecule has 0 aliphatic carbocycles. The van der Waals surface area contributed by atoms with Crippen molar-refractivity contribution in [3.05, 3.63) is 35.9 Å². The first-order valence-electron chi connectivity index (χ1n) is 9.86. The second-order valence-electron chi connectivity index (χ2n) is 7.25. The SMILES string of the molecule is COc1ccccc1N1CCN(CCc2nnc3n2CCCCC3)CC1. The molecule has 1 saturated heterocycles. The second-order valence-corrected chi connectivity index (χ2v) is 7.25. The molecule has 2 aliphatic heterocycles. The van der Waals surface area contributed by atoms with Crippen LogP contribution in [0.4, 0.5) is 5.69 Å². The van der Waals surface area contributed by atoms with Gasteiger partial charge >= 0.3 is 0 Å². The molecule has 0 unspecified atom stereocenters. The van der Waals surface area contributed by atoms with Gasteiger partial charge in [0.1, 0.15) is 17.4 Å². The van der Waals surface area contributed by atoms with Crippen molar-refractivity contribution in [3.8, 4) is 5.75 Å². The zero-order chi connectivity index (χ0) is 17.8. The largest absolute Gasteiger partial charge is 0.495 e. The molecular weight excluding hydrogens is 326 g/mol. The Morgan fingerprint density at radius 2 is 1.81 bits per heavy atom. The summed E-state index contributed by atoms with van der Waals surface area (Å²) in [6, 6.07) is 8.31. The van der Waals surface area contributed by atoms with Crippen molar-refractivity contribution in [2.75, 3.05) is 44.7 Å². The highest BCUT2D eigenvalue weighted by molar-refractivity contribution is 5.58. The molecule has 140 valence electrons. The van der Waals surface area contributed by atoms with Crippen molar-refractivity contribution in [1.29, 1.82) is 0 Å². The first kappa shape index (κ1) is 17.3. The van der Waals surface area contributed by atoms with Gasteiger partial charge in [-0.2, -0.15) is 0 Å². The van der Waals surface area contributed by atoms with E-state index in [1.54, 1.807) is 7.11 Å². The van der Waals surface area contributed by atoms with E-state index in [1.165, 1.54) is 36.6 Å². The predicted molar refractivity (Wildman–Crippen MR) is 103 cm³/mol. The van der Waals surface area contributed by atoms with Gasteiger partial charge in [0.25, 0.3) is 0 Å². The fourth-order valence-electron chi connectivity index (χ4n) is 4.09. The smallest absolute Gasteiger partial charge is 0.142 e. The average Bonchev–Trinajstić information content (AvgIpc) is 2.93. The number of benzene rings is 1. The topological polar surface area (TPSA) is 46.4 Å². The molecule has 0 radical (unpaired) electrons. The van der Waals surface area contributed by atoms with Crippen molar-refractivity contribution in [1.82, 2.24) is 19.7 Å². The van der Waals surface area contributed by atoms with E-state index in [4.69, 9.17) is 4.74 Å². The van der Waals surface area contributed by atoms with E-state index < -0.39 is 0 Å². The van der Waals surface area contributed by atoms with E-state index in [1.807, 2.05) is 12.1 Å². The maximum atomic E-state index is 5.51. The normalized spacial score (nSPS) is 18.4. The fourth-order valence-corrected chi connectivity index (χ4v) is 4.09. The van der Waals surface area contributed by atoms with Gasteiger partial charge in [0, 0.05) is 52.1 Å². The summed E-state index contributed by atoms with van der Waals surface area (Å²) in [5.74, 6) is 3.33. The molecular formula is C20H29N5O. The van der Waals surface area contributed by atoms with E-state index in [9.17, 15) is 0 Å². The van der Waals surface area contributed by atoms with Crippen LogP contribution in [0.2, 0.25) is 0 Å². The molecule has 1 fully saturated rings. The lowest BCUT2D eigenvalue weighted by Crippen LogP contribution is -2.47. The number of anilines is 1. The number of aryl methyl sites for hydroxylation is 1. The molecule has 6 nitrogen and oxygen atoms in total. The second kappa shape index (κ2) is 8.08. The van der Waals surface area contributed by atoms with Crippen molar-refractivity contribution >= 4 is 5.69 Å². The van der Waals surface area contributed by atoms with Gasteiger partial charge in [-0.25, -0.2) is 0 Å². The highest BCUT2D eigenvalue weighted by Gasteiger charge is 2.20. The number of hydrogen-bond acceptors (Lipinski definition) is 5. The summed E-state index contributed by atoms with van der Waals surface area (Å²) in [5, 5.41) is 8.89.